The van der Waals surface area contributed by atoms with Crippen LogP contribution in [0.1, 0.15) is 5.56 Å². The van der Waals surface area contributed by atoms with Gasteiger partial charge in [0.1, 0.15) is 11.5 Å². The molecular weight excluding hydrogens is 304 g/mol. The molecule has 3 rings (SSSR count). The minimum absolute atomic E-state index is 0.00613. The first-order valence-electron chi connectivity index (χ1n) is 8.13. The maximum atomic E-state index is 12.3. The van der Waals surface area contributed by atoms with Crippen molar-refractivity contribution in [2.75, 3.05) is 37.7 Å². The smallest absolute Gasteiger partial charge is 0.260 e. The Bertz CT molecular complexity index is 709. The lowest BCUT2D eigenvalue weighted by molar-refractivity contribution is -0.133. The van der Waals surface area contributed by atoms with Gasteiger partial charge in [0.05, 0.1) is 0 Å². The van der Waals surface area contributed by atoms with E-state index in [0.717, 1.165) is 13.1 Å². The first-order chi connectivity index (χ1) is 11.6. The SMILES string of the molecule is Cc1ccccc1N1CCN(C(=O)COc2cccc(O)c2)CC1. The van der Waals surface area contributed by atoms with E-state index in [4.69, 9.17) is 4.74 Å². The topological polar surface area (TPSA) is 53.0 Å². The zero-order chi connectivity index (χ0) is 16.9. The summed E-state index contributed by atoms with van der Waals surface area (Å²) in [5, 5.41) is 9.41. The number of carbonyl (C=O) groups is 1. The molecule has 0 spiro atoms. The quantitative estimate of drug-likeness (QED) is 0.937. The number of phenolic OH excluding ortho intramolecular Hbond substituents is 1. The number of nitrogens with zero attached hydrogens (tertiary/aromatic N) is 2. The van der Waals surface area contributed by atoms with Crippen LogP contribution in [0.4, 0.5) is 5.69 Å². The van der Waals surface area contributed by atoms with Crippen LogP contribution >= 0.6 is 0 Å². The maximum absolute atomic E-state index is 12.3. The van der Waals surface area contributed by atoms with Gasteiger partial charge in [-0.1, -0.05) is 24.3 Å². The van der Waals surface area contributed by atoms with E-state index in [2.05, 4.69) is 24.0 Å². The molecule has 0 aromatic heterocycles. The van der Waals surface area contributed by atoms with Gasteiger partial charge in [0, 0.05) is 37.9 Å². The Morgan fingerprint density at radius 1 is 1.08 bits per heavy atom. The second kappa shape index (κ2) is 7.25. The second-order valence-corrected chi connectivity index (χ2v) is 5.94. The van der Waals surface area contributed by atoms with E-state index in [1.807, 2.05) is 17.0 Å². The van der Waals surface area contributed by atoms with Gasteiger partial charge in [-0.05, 0) is 30.7 Å². The highest BCUT2D eigenvalue weighted by Gasteiger charge is 2.22. The number of rotatable bonds is 4. The predicted octanol–water partition coefficient (Wildman–Crippen LogP) is 2.43. The Kier molecular flexibility index (Phi) is 4.89. The molecule has 1 aliphatic heterocycles. The molecule has 0 bridgehead atoms. The van der Waals surface area contributed by atoms with E-state index >= 15 is 0 Å². The summed E-state index contributed by atoms with van der Waals surface area (Å²) in [5.41, 5.74) is 2.49. The molecule has 5 heteroatoms. The largest absolute Gasteiger partial charge is 0.508 e. The number of aryl methyl sites for hydroxylation is 1. The van der Waals surface area contributed by atoms with Gasteiger partial charge in [-0.3, -0.25) is 4.79 Å². The summed E-state index contributed by atoms with van der Waals surface area (Å²) in [6.07, 6.45) is 0. The summed E-state index contributed by atoms with van der Waals surface area (Å²) in [7, 11) is 0. The van der Waals surface area contributed by atoms with Gasteiger partial charge >= 0.3 is 0 Å². The molecule has 126 valence electrons. The van der Waals surface area contributed by atoms with Crippen LogP contribution in [0.5, 0.6) is 11.5 Å². The van der Waals surface area contributed by atoms with Crippen molar-refractivity contribution in [2.45, 2.75) is 6.92 Å². The first kappa shape index (κ1) is 16.2. The lowest BCUT2D eigenvalue weighted by Gasteiger charge is -2.36. The van der Waals surface area contributed by atoms with Crippen LogP contribution in [0.25, 0.3) is 0 Å². The summed E-state index contributed by atoms with van der Waals surface area (Å²) in [5.74, 6) is 0.608. The summed E-state index contributed by atoms with van der Waals surface area (Å²) < 4.78 is 5.47. The van der Waals surface area contributed by atoms with Gasteiger partial charge in [0.15, 0.2) is 6.61 Å². The summed E-state index contributed by atoms with van der Waals surface area (Å²) in [6, 6.07) is 14.8. The van der Waals surface area contributed by atoms with Crippen molar-refractivity contribution in [3.63, 3.8) is 0 Å². The number of ether oxygens (including phenoxy) is 1. The van der Waals surface area contributed by atoms with Gasteiger partial charge < -0.3 is 19.6 Å². The van der Waals surface area contributed by atoms with Crippen LogP contribution in [-0.2, 0) is 4.79 Å². The molecule has 1 heterocycles. The van der Waals surface area contributed by atoms with E-state index in [-0.39, 0.29) is 18.3 Å². The third-order valence-electron chi connectivity index (χ3n) is 4.27. The zero-order valence-corrected chi connectivity index (χ0v) is 13.8. The number of amides is 1. The number of carbonyl (C=O) groups excluding carboxylic acids is 1. The molecule has 24 heavy (non-hydrogen) atoms. The molecule has 1 saturated heterocycles. The Morgan fingerprint density at radius 3 is 2.54 bits per heavy atom. The molecule has 5 nitrogen and oxygen atoms in total. The fourth-order valence-electron chi connectivity index (χ4n) is 2.92. The molecule has 2 aromatic carbocycles. The van der Waals surface area contributed by atoms with Crippen LogP contribution in [0.2, 0.25) is 0 Å². The Balaban J connectivity index is 1.51. The van der Waals surface area contributed by atoms with E-state index < -0.39 is 0 Å². The molecule has 1 amide bonds. The molecule has 0 aliphatic carbocycles. The number of anilines is 1. The van der Waals surface area contributed by atoms with Crippen molar-refractivity contribution in [3.05, 3.63) is 54.1 Å². The lowest BCUT2D eigenvalue weighted by Crippen LogP contribution is -2.50. The third-order valence-corrected chi connectivity index (χ3v) is 4.27. The van der Waals surface area contributed by atoms with Crippen LogP contribution < -0.4 is 9.64 Å². The normalized spacial score (nSPS) is 14.5. The molecule has 0 saturated carbocycles. The van der Waals surface area contributed by atoms with Crippen molar-refractivity contribution in [3.8, 4) is 11.5 Å². The van der Waals surface area contributed by atoms with Crippen LogP contribution in [0.15, 0.2) is 48.5 Å². The number of piperazine rings is 1. The number of phenols is 1. The maximum Gasteiger partial charge on any atom is 0.260 e. The minimum Gasteiger partial charge on any atom is -0.508 e. The second-order valence-electron chi connectivity index (χ2n) is 5.94. The number of benzene rings is 2. The van der Waals surface area contributed by atoms with Gasteiger partial charge in [0.2, 0.25) is 0 Å². The van der Waals surface area contributed by atoms with E-state index in [1.165, 1.54) is 17.3 Å². The summed E-state index contributed by atoms with van der Waals surface area (Å²) >= 11 is 0. The average molecular weight is 326 g/mol. The summed E-state index contributed by atoms with van der Waals surface area (Å²) in [6.45, 7) is 5.13. The van der Waals surface area contributed by atoms with Gasteiger partial charge in [-0.15, -0.1) is 0 Å². The lowest BCUT2D eigenvalue weighted by atomic mass is 10.1. The molecule has 0 radical (unpaired) electrons. The standard InChI is InChI=1S/C19H22N2O3/c1-15-5-2-3-8-18(15)20-9-11-21(12-10-20)19(23)14-24-17-7-4-6-16(22)13-17/h2-8,13,22H,9-12,14H2,1H3. The van der Waals surface area contributed by atoms with Crippen molar-refractivity contribution in [1.29, 1.82) is 0 Å². The number of para-hydroxylation sites is 1. The molecule has 1 fully saturated rings. The number of hydrogen-bond donors (Lipinski definition) is 1. The zero-order valence-electron chi connectivity index (χ0n) is 13.8. The molecule has 1 N–H and O–H groups in total. The Hall–Kier alpha value is -2.69. The van der Waals surface area contributed by atoms with Crippen molar-refractivity contribution in [1.82, 2.24) is 4.90 Å². The third kappa shape index (κ3) is 3.79. The predicted molar refractivity (Wildman–Crippen MR) is 93.6 cm³/mol. The highest BCUT2D eigenvalue weighted by molar-refractivity contribution is 5.78. The Morgan fingerprint density at radius 2 is 1.83 bits per heavy atom. The van der Waals surface area contributed by atoms with Crippen molar-refractivity contribution >= 4 is 11.6 Å². The molecule has 0 atom stereocenters. The van der Waals surface area contributed by atoms with Gasteiger partial charge in [-0.2, -0.15) is 0 Å². The monoisotopic (exact) mass is 326 g/mol. The number of aromatic hydroxyl groups is 1. The minimum atomic E-state index is -0.0252. The van der Waals surface area contributed by atoms with E-state index in [0.29, 0.717) is 18.8 Å². The molecule has 2 aromatic rings. The molecule has 1 aliphatic rings. The average Bonchev–Trinajstić information content (AvgIpc) is 2.60. The van der Waals surface area contributed by atoms with Gasteiger partial charge in [-0.25, -0.2) is 0 Å². The molecule has 0 unspecified atom stereocenters. The fraction of sp³-hybridized carbons (Fsp3) is 0.316. The van der Waals surface area contributed by atoms with Crippen LogP contribution in [-0.4, -0.2) is 48.7 Å². The van der Waals surface area contributed by atoms with Crippen molar-refractivity contribution < 1.29 is 14.6 Å². The van der Waals surface area contributed by atoms with Crippen LogP contribution in [0.3, 0.4) is 0 Å². The van der Waals surface area contributed by atoms with Crippen molar-refractivity contribution in [2.24, 2.45) is 0 Å². The molecular formula is C19H22N2O3. The summed E-state index contributed by atoms with van der Waals surface area (Å²) in [4.78, 5) is 16.4. The Labute approximate surface area is 142 Å². The van der Waals surface area contributed by atoms with E-state index in [9.17, 15) is 9.90 Å². The highest BCUT2D eigenvalue weighted by atomic mass is 16.5. The van der Waals surface area contributed by atoms with E-state index in [1.54, 1.807) is 18.2 Å². The highest BCUT2D eigenvalue weighted by Crippen LogP contribution is 2.21. The van der Waals surface area contributed by atoms with Crippen LogP contribution in [0, 0.1) is 6.92 Å². The van der Waals surface area contributed by atoms with Gasteiger partial charge in [0.25, 0.3) is 5.91 Å². The fourth-order valence-corrected chi connectivity index (χ4v) is 2.92. The first-order valence-corrected chi connectivity index (χ1v) is 8.13. The number of hydrogen-bond acceptors (Lipinski definition) is 4.